The molecule has 7 nitrogen and oxygen atoms in total. The highest BCUT2D eigenvalue weighted by Gasteiger charge is 2.09. The Hall–Kier alpha value is -3.65. The van der Waals surface area contributed by atoms with Gasteiger partial charge in [0.25, 0.3) is 11.8 Å². The third-order valence-corrected chi connectivity index (χ3v) is 5.19. The standard InChI is InChI=1S/C24H25N3O4S/c1-2-31-21-11-9-20(10-12-21)27-24(30)17-5-7-19(8-6-17)26-22(28)4-3-14-25-23(29)18-13-15-32-16-18/h5-13,15-16H,2-4,14H2,1H3,(H,25,29)(H,26,28)(H,27,30). The maximum Gasteiger partial charge on any atom is 0.255 e. The normalized spacial score (nSPS) is 10.3. The summed E-state index contributed by atoms with van der Waals surface area (Å²) in [6.07, 6.45) is 0.814. The molecule has 3 amide bonds. The molecule has 1 heterocycles. The van der Waals surface area contributed by atoms with Crippen LogP contribution in [0.5, 0.6) is 5.75 Å². The van der Waals surface area contributed by atoms with Crippen LogP contribution in [-0.2, 0) is 4.79 Å². The SMILES string of the molecule is CCOc1ccc(NC(=O)c2ccc(NC(=O)CCCNC(=O)c3ccsc3)cc2)cc1. The molecule has 3 rings (SSSR count). The summed E-state index contributed by atoms with van der Waals surface area (Å²) in [7, 11) is 0. The highest BCUT2D eigenvalue weighted by atomic mass is 32.1. The first kappa shape index (κ1) is 23.0. The van der Waals surface area contributed by atoms with Gasteiger partial charge >= 0.3 is 0 Å². The first-order valence-electron chi connectivity index (χ1n) is 10.3. The van der Waals surface area contributed by atoms with E-state index in [0.29, 0.717) is 42.1 Å². The third-order valence-electron chi connectivity index (χ3n) is 4.50. The minimum Gasteiger partial charge on any atom is -0.494 e. The van der Waals surface area contributed by atoms with Crippen molar-refractivity contribution in [2.45, 2.75) is 19.8 Å². The lowest BCUT2D eigenvalue weighted by atomic mass is 10.2. The molecule has 0 aliphatic carbocycles. The zero-order valence-corrected chi connectivity index (χ0v) is 18.5. The fourth-order valence-corrected chi connectivity index (χ4v) is 3.52. The van der Waals surface area contributed by atoms with Crippen LogP contribution < -0.4 is 20.7 Å². The fourth-order valence-electron chi connectivity index (χ4n) is 2.88. The molecule has 3 aromatic rings. The molecular formula is C24H25N3O4S. The molecule has 0 aliphatic rings. The predicted octanol–water partition coefficient (Wildman–Crippen LogP) is 4.55. The van der Waals surface area contributed by atoms with Crippen LogP contribution in [0.3, 0.4) is 0 Å². The number of hydrogen-bond donors (Lipinski definition) is 3. The van der Waals surface area contributed by atoms with Gasteiger partial charge in [-0.1, -0.05) is 0 Å². The van der Waals surface area contributed by atoms with Crippen LogP contribution in [0.1, 0.15) is 40.5 Å². The summed E-state index contributed by atoms with van der Waals surface area (Å²) >= 11 is 1.46. The maximum atomic E-state index is 12.4. The largest absolute Gasteiger partial charge is 0.494 e. The zero-order chi connectivity index (χ0) is 22.8. The number of rotatable bonds is 10. The molecule has 2 aromatic carbocycles. The first-order chi connectivity index (χ1) is 15.5. The minimum atomic E-state index is -0.242. The summed E-state index contributed by atoms with van der Waals surface area (Å²) in [5.41, 5.74) is 2.39. The van der Waals surface area contributed by atoms with Crippen LogP contribution in [0.2, 0.25) is 0 Å². The van der Waals surface area contributed by atoms with Gasteiger partial charge < -0.3 is 20.7 Å². The van der Waals surface area contributed by atoms with Gasteiger partial charge in [-0.2, -0.15) is 11.3 Å². The van der Waals surface area contributed by atoms with E-state index in [2.05, 4.69) is 16.0 Å². The molecule has 32 heavy (non-hydrogen) atoms. The van der Waals surface area contributed by atoms with E-state index < -0.39 is 0 Å². The number of carbonyl (C=O) groups excluding carboxylic acids is 3. The fraction of sp³-hybridized carbons (Fsp3) is 0.208. The average molecular weight is 452 g/mol. The number of benzene rings is 2. The summed E-state index contributed by atoms with van der Waals surface area (Å²) < 4.78 is 5.39. The van der Waals surface area contributed by atoms with Gasteiger partial charge in [0.1, 0.15) is 5.75 Å². The maximum absolute atomic E-state index is 12.4. The van der Waals surface area contributed by atoms with E-state index in [1.165, 1.54) is 11.3 Å². The van der Waals surface area contributed by atoms with Crippen molar-refractivity contribution in [3.63, 3.8) is 0 Å². The van der Waals surface area contributed by atoms with Crippen LogP contribution in [0.4, 0.5) is 11.4 Å². The summed E-state index contributed by atoms with van der Waals surface area (Å²) in [4.78, 5) is 36.4. The Morgan fingerprint density at radius 3 is 2.19 bits per heavy atom. The molecule has 0 bridgehead atoms. The van der Waals surface area contributed by atoms with Crippen LogP contribution in [0, 0.1) is 0 Å². The highest BCUT2D eigenvalue weighted by Crippen LogP contribution is 2.17. The molecule has 0 radical (unpaired) electrons. The number of amides is 3. The lowest BCUT2D eigenvalue weighted by Gasteiger charge is -2.09. The molecule has 0 saturated carbocycles. The lowest BCUT2D eigenvalue weighted by Crippen LogP contribution is -2.25. The second-order valence-electron chi connectivity index (χ2n) is 6.91. The van der Waals surface area contributed by atoms with Gasteiger partial charge in [0, 0.05) is 40.8 Å². The van der Waals surface area contributed by atoms with Gasteiger partial charge in [0.05, 0.1) is 6.61 Å². The van der Waals surface area contributed by atoms with Crippen molar-refractivity contribution in [3.05, 3.63) is 76.5 Å². The van der Waals surface area contributed by atoms with Crippen molar-refractivity contribution in [3.8, 4) is 5.75 Å². The van der Waals surface area contributed by atoms with Gasteiger partial charge in [-0.15, -0.1) is 0 Å². The smallest absolute Gasteiger partial charge is 0.255 e. The summed E-state index contributed by atoms with van der Waals surface area (Å²) in [6.45, 7) is 2.92. The van der Waals surface area contributed by atoms with Crippen LogP contribution >= 0.6 is 11.3 Å². The van der Waals surface area contributed by atoms with E-state index >= 15 is 0 Å². The molecule has 0 spiro atoms. The molecule has 1 aromatic heterocycles. The lowest BCUT2D eigenvalue weighted by molar-refractivity contribution is -0.116. The first-order valence-corrected chi connectivity index (χ1v) is 11.2. The second-order valence-corrected chi connectivity index (χ2v) is 7.69. The Balaban J connectivity index is 1.40. The second kappa shape index (κ2) is 11.7. The van der Waals surface area contributed by atoms with Gasteiger partial charge in [0.15, 0.2) is 0 Å². The van der Waals surface area contributed by atoms with Crippen molar-refractivity contribution >= 4 is 40.4 Å². The monoisotopic (exact) mass is 451 g/mol. The number of carbonyl (C=O) groups is 3. The van der Waals surface area contributed by atoms with Crippen molar-refractivity contribution in [2.24, 2.45) is 0 Å². The number of ether oxygens (including phenoxy) is 1. The van der Waals surface area contributed by atoms with Crippen LogP contribution in [0.15, 0.2) is 65.4 Å². The molecule has 8 heteroatoms. The molecular weight excluding hydrogens is 426 g/mol. The zero-order valence-electron chi connectivity index (χ0n) is 17.7. The molecule has 166 valence electrons. The molecule has 0 unspecified atom stereocenters. The number of anilines is 2. The number of hydrogen-bond acceptors (Lipinski definition) is 5. The van der Waals surface area contributed by atoms with Crippen LogP contribution in [0.25, 0.3) is 0 Å². The Bertz CT molecular complexity index is 1030. The summed E-state index contributed by atoms with van der Waals surface area (Å²) in [5, 5.41) is 12.0. The van der Waals surface area contributed by atoms with Crippen molar-refractivity contribution in [1.82, 2.24) is 5.32 Å². The summed E-state index contributed by atoms with van der Waals surface area (Å²) in [5.74, 6) is 0.218. The van der Waals surface area contributed by atoms with Gasteiger partial charge in [0.2, 0.25) is 5.91 Å². The summed E-state index contributed by atoms with van der Waals surface area (Å²) in [6, 6.07) is 15.6. The molecule has 0 saturated heterocycles. The Morgan fingerprint density at radius 1 is 0.844 bits per heavy atom. The third kappa shape index (κ3) is 6.95. The minimum absolute atomic E-state index is 0.134. The van der Waals surface area contributed by atoms with Gasteiger partial charge in [-0.05, 0) is 73.3 Å². The Morgan fingerprint density at radius 2 is 1.53 bits per heavy atom. The highest BCUT2D eigenvalue weighted by molar-refractivity contribution is 7.08. The van der Waals surface area contributed by atoms with Gasteiger partial charge in [-0.25, -0.2) is 0 Å². The van der Waals surface area contributed by atoms with E-state index in [4.69, 9.17) is 4.74 Å². The Labute approximate surface area is 190 Å². The number of nitrogens with one attached hydrogen (secondary N) is 3. The van der Waals surface area contributed by atoms with Crippen LogP contribution in [-0.4, -0.2) is 30.9 Å². The molecule has 0 atom stereocenters. The van der Waals surface area contributed by atoms with E-state index in [0.717, 1.165) is 5.75 Å². The van der Waals surface area contributed by atoms with E-state index in [-0.39, 0.29) is 24.1 Å². The molecule has 0 aliphatic heterocycles. The van der Waals surface area contributed by atoms with E-state index in [1.807, 2.05) is 12.3 Å². The van der Waals surface area contributed by atoms with Crippen molar-refractivity contribution in [2.75, 3.05) is 23.8 Å². The quantitative estimate of drug-likeness (QED) is 0.394. The number of thiophene rings is 1. The van der Waals surface area contributed by atoms with Crippen molar-refractivity contribution in [1.29, 1.82) is 0 Å². The average Bonchev–Trinajstić information content (AvgIpc) is 3.34. The Kier molecular flexibility index (Phi) is 8.39. The van der Waals surface area contributed by atoms with Gasteiger partial charge in [-0.3, -0.25) is 14.4 Å². The topological polar surface area (TPSA) is 96.5 Å². The predicted molar refractivity (Wildman–Crippen MR) is 127 cm³/mol. The van der Waals surface area contributed by atoms with E-state index in [1.54, 1.807) is 60.0 Å². The molecule has 0 fully saturated rings. The molecule has 3 N–H and O–H groups in total. The van der Waals surface area contributed by atoms with E-state index in [9.17, 15) is 14.4 Å². The van der Waals surface area contributed by atoms with Crippen molar-refractivity contribution < 1.29 is 19.1 Å².